The number of aryl methyl sites for hydroxylation is 2. The fourth-order valence-electron chi connectivity index (χ4n) is 3.61. The van der Waals surface area contributed by atoms with Crippen LogP contribution in [0, 0.1) is 12.8 Å². The first kappa shape index (κ1) is 21.2. The fraction of sp³-hybridized carbons (Fsp3) is 0.409. The van der Waals surface area contributed by atoms with E-state index in [1.54, 1.807) is 10.7 Å². The molecule has 4 rings (SSSR count). The van der Waals surface area contributed by atoms with Crippen molar-refractivity contribution in [3.8, 4) is 11.5 Å². The first-order chi connectivity index (χ1) is 14.8. The fourth-order valence-corrected chi connectivity index (χ4v) is 4.63. The molecule has 3 aromatic rings. The summed E-state index contributed by atoms with van der Waals surface area (Å²) in [6.07, 6.45) is 0. The summed E-state index contributed by atoms with van der Waals surface area (Å²) in [6, 6.07) is 7.16. The Morgan fingerprint density at radius 3 is 2.68 bits per heavy atom. The van der Waals surface area contributed by atoms with E-state index in [4.69, 9.17) is 14.2 Å². The van der Waals surface area contributed by atoms with E-state index in [1.165, 1.54) is 11.3 Å². The number of nitrogens with one attached hydrogen (secondary N) is 1. The SMILES string of the molecule is Cc1nn(C)c2sc(C(=O)OCC(=O)NC(c3ccc4c(c3)OCCO4)C(C)C)cc12. The van der Waals surface area contributed by atoms with Crippen LogP contribution < -0.4 is 14.8 Å². The van der Waals surface area contributed by atoms with Crippen LogP contribution in [-0.2, 0) is 16.6 Å². The van der Waals surface area contributed by atoms with Crippen molar-refractivity contribution in [2.24, 2.45) is 13.0 Å². The van der Waals surface area contributed by atoms with Crippen molar-refractivity contribution < 1.29 is 23.8 Å². The van der Waals surface area contributed by atoms with Crippen LogP contribution in [0.3, 0.4) is 0 Å². The minimum atomic E-state index is -0.517. The number of hydrogen-bond acceptors (Lipinski definition) is 7. The van der Waals surface area contributed by atoms with Crippen molar-refractivity contribution in [2.75, 3.05) is 19.8 Å². The zero-order chi connectivity index (χ0) is 22.1. The van der Waals surface area contributed by atoms with Crippen LogP contribution in [0.5, 0.6) is 11.5 Å². The number of carbonyl (C=O) groups is 2. The number of rotatable bonds is 6. The predicted molar refractivity (Wildman–Crippen MR) is 117 cm³/mol. The molecule has 0 bridgehead atoms. The molecule has 3 heterocycles. The highest BCUT2D eigenvalue weighted by atomic mass is 32.1. The Bertz CT molecular complexity index is 1100. The van der Waals surface area contributed by atoms with Crippen molar-refractivity contribution in [2.45, 2.75) is 26.8 Å². The maximum atomic E-state index is 12.5. The van der Waals surface area contributed by atoms with Gasteiger partial charge in [0.05, 0.1) is 11.7 Å². The summed E-state index contributed by atoms with van der Waals surface area (Å²) in [5, 5.41) is 8.21. The first-order valence-corrected chi connectivity index (χ1v) is 10.9. The van der Waals surface area contributed by atoms with E-state index in [2.05, 4.69) is 10.4 Å². The average Bonchev–Trinajstić information content (AvgIpc) is 3.31. The molecule has 0 fully saturated rings. The molecular weight excluding hydrogens is 418 g/mol. The van der Waals surface area contributed by atoms with Gasteiger partial charge in [-0.15, -0.1) is 11.3 Å². The van der Waals surface area contributed by atoms with E-state index in [-0.39, 0.29) is 24.5 Å². The molecule has 0 spiro atoms. The lowest BCUT2D eigenvalue weighted by Crippen LogP contribution is -2.35. The molecule has 0 saturated carbocycles. The van der Waals surface area contributed by atoms with E-state index in [1.807, 2.05) is 46.0 Å². The highest BCUT2D eigenvalue weighted by Crippen LogP contribution is 2.34. The molecule has 0 radical (unpaired) electrons. The summed E-state index contributed by atoms with van der Waals surface area (Å²) in [5.74, 6) is 0.619. The second-order valence-electron chi connectivity index (χ2n) is 7.81. The van der Waals surface area contributed by atoms with Gasteiger partial charge in [-0.2, -0.15) is 5.10 Å². The number of fused-ring (bicyclic) bond motifs is 2. The topological polar surface area (TPSA) is 91.7 Å². The Hall–Kier alpha value is -3.07. The second kappa shape index (κ2) is 8.58. The Balaban J connectivity index is 1.40. The minimum absolute atomic E-state index is 0.125. The van der Waals surface area contributed by atoms with Gasteiger partial charge < -0.3 is 19.5 Å². The maximum absolute atomic E-state index is 12.5. The summed E-state index contributed by atoms with van der Waals surface area (Å²) in [4.78, 5) is 26.3. The third-order valence-electron chi connectivity index (χ3n) is 5.14. The summed E-state index contributed by atoms with van der Waals surface area (Å²) >= 11 is 1.30. The van der Waals surface area contributed by atoms with Crippen molar-refractivity contribution in [1.82, 2.24) is 15.1 Å². The summed E-state index contributed by atoms with van der Waals surface area (Å²) in [7, 11) is 1.83. The largest absolute Gasteiger partial charge is 0.486 e. The summed E-state index contributed by atoms with van der Waals surface area (Å²) in [5.41, 5.74) is 1.76. The Morgan fingerprint density at radius 1 is 1.23 bits per heavy atom. The first-order valence-electron chi connectivity index (χ1n) is 10.1. The third-order valence-corrected chi connectivity index (χ3v) is 6.32. The van der Waals surface area contributed by atoms with Crippen molar-refractivity contribution in [3.63, 3.8) is 0 Å². The number of aromatic nitrogens is 2. The van der Waals surface area contributed by atoms with Gasteiger partial charge >= 0.3 is 5.97 Å². The highest BCUT2D eigenvalue weighted by Gasteiger charge is 2.23. The average molecular weight is 444 g/mol. The van der Waals surface area contributed by atoms with Crippen LogP contribution in [0.15, 0.2) is 24.3 Å². The number of nitrogens with zero attached hydrogens (tertiary/aromatic N) is 2. The molecule has 1 aromatic carbocycles. The monoisotopic (exact) mass is 443 g/mol. The molecular formula is C22H25N3O5S. The van der Waals surface area contributed by atoms with E-state index >= 15 is 0 Å². The van der Waals surface area contributed by atoms with Gasteiger partial charge in [0.2, 0.25) is 0 Å². The molecule has 1 aliphatic rings. The lowest BCUT2D eigenvalue weighted by atomic mass is 9.95. The molecule has 1 aliphatic heterocycles. The van der Waals surface area contributed by atoms with Crippen LogP contribution in [0.4, 0.5) is 0 Å². The summed E-state index contributed by atoms with van der Waals surface area (Å²) < 4.78 is 18.2. The summed E-state index contributed by atoms with van der Waals surface area (Å²) in [6.45, 7) is 6.60. The molecule has 1 unspecified atom stereocenters. The number of hydrogen-bond donors (Lipinski definition) is 1. The number of benzene rings is 1. The van der Waals surface area contributed by atoms with Gasteiger partial charge in [-0.1, -0.05) is 19.9 Å². The minimum Gasteiger partial charge on any atom is -0.486 e. The van der Waals surface area contributed by atoms with Gasteiger partial charge in [0.15, 0.2) is 18.1 Å². The lowest BCUT2D eigenvalue weighted by Gasteiger charge is -2.25. The van der Waals surface area contributed by atoms with E-state index in [0.29, 0.717) is 29.6 Å². The van der Waals surface area contributed by atoms with Gasteiger partial charge in [-0.05, 0) is 36.6 Å². The number of thiophene rings is 1. The molecule has 31 heavy (non-hydrogen) atoms. The molecule has 1 amide bonds. The van der Waals surface area contributed by atoms with Crippen LogP contribution >= 0.6 is 11.3 Å². The maximum Gasteiger partial charge on any atom is 0.348 e. The second-order valence-corrected chi connectivity index (χ2v) is 8.84. The van der Waals surface area contributed by atoms with Crippen LogP contribution in [-0.4, -0.2) is 41.5 Å². The van der Waals surface area contributed by atoms with Crippen molar-refractivity contribution in [1.29, 1.82) is 0 Å². The van der Waals surface area contributed by atoms with Crippen LogP contribution in [0.25, 0.3) is 10.2 Å². The number of ether oxygens (including phenoxy) is 3. The van der Waals surface area contributed by atoms with E-state index in [0.717, 1.165) is 21.5 Å². The number of amides is 1. The zero-order valence-electron chi connectivity index (χ0n) is 17.9. The van der Waals surface area contributed by atoms with Crippen LogP contribution in [0.1, 0.15) is 40.8 Å². The van der Waals surface area contributed by atoms with Crippen molar-refractivity contribution >= 4 is 33.4 Å². The zero-order valence-corrected chi connectivity index (χ0v) is 18.7. The molecule has 2 aromatic heterocycles. The number of esters is 1. The standard InChI is InChI=1S/C22H25N3O5S/c1-12(2)20(14-5-6-16-17(9-14)29-8-7-28-16)23-19(26)11-30-22(27)18-10-15-13(3)24-25(4)21(15)31-18/h5-6,9-10,12,20H,7-8,11H2,1-4H3,(H,23,26). The van der Waals surface area contributed by atoms with Gasteiger partial charge in [0, 0.05) is 12.4 Å². The quantitative estimate of drug-likeness (QED) is 0.587. The molecule has 0 aliphatic carbocycles. The lowest BCUT2D eigenvalue weighted by molar-refractivity contribution is -0.125. The van der Waals surface area contributed by atoms with Crippen molar-refractivity contribution in [3.05, 3.63) is 40.4 Å². The van der Waals surface area contributed by atoms with Crippen LogP contribution in [0.2, 0.25) is 0 Å². The molecule has 8 nitrogen and oxygen atoms in total. The van der Waals surface area contributed by atoms with E-state index < -0.39 is 5.97 Å². The van der Waals surface area contributed by atoms with Gasteiger partial charge in [-0.3, -0.25) is 9.48 Å². The Kier molecular flexibility index (Phi) is 5.86. The molecule has 1 atom stereocenters. The third kappa shape index (κ3) is 4.36. The Morgan fingerprint density at radius 2 is 1.97 bits per heavy atom. The highest BCUT2D eigenvalue weighted by molar-refractivity contribution is 7.20. The van der Waals surface area contributed by atoms with Gasteiger partial charge in [-0.25, -0.2) is 4.79 Å². The smallest absolute Gasteiger partial charge is 0.348 e. The molecule has 9 heteroatoms. The number of carbonyl (C=O) groups excluding carboxylic acids is 2. The molecule has 164 valence electrons. The van der Waals surface area contributed by atoms with Gasteiger partial charge in [0.1, 0.15) is 22.9 Å². The predicted octanol–water partition coefficient (Wildman–Crippen LogP) is 3.38. The Labute approximate surface area is 184 Å². The van der Waals surface area contributed by atoms with Gasteiger partial charge in [0.25, 0.3) is 5.91 Å². The normalized spacial score (nSPS) is 14.0. The van der Waals surface area contributed by atoms with E-state index in [9.17, 15) is 9.59 Å². The molecule has 1 N–H and O–H groups in total. The molecule has 0 saturated heterocycles.